The highest BCUT2D eigenvalue weighted by atomic mass is 16.3. The molecule has 0 atom stereocenters. The van der Waals surface area contributed by atoms with E-state index in [0.717, 1.165) is 12.8 Å². The van der Waals surface area contributed by atoms with Gasteiger partial charge in [0.05, 0.1) is 6.10 Å². The summed E-state index contributed by atoms with van der Waals surface area (Å²) in [6, 6.07) is 8.48. The summed E-state index contributed by atoms with van der Waals surface area (Å²) in [5, 5.41) is 8.67. The lowest BCUT2D eigenvalue weighted by atomic mass is 10.2. The summed E-state index contributed by atoms with van der Waals surface area (Å²) in [4.78, 5) is 0. The monoisotopic (exact) mass is 338 g/mol. The van der Waals surface area contributed by atoms with Gasteiger partial charge in [0.15, 0.2) is 0 Å². The lowest BCUT2D eigenvalue weighted by molar-refractivity contribution is 0.166. The Bertz CT molecular complexity index is 271. The van der Waals surface area contributed by atoms with Crippen molar-refractivity contribution < 1.29 is 5.11 Å². The quantitative estimate of drug-likeness (QED) is 0.523. The van der Waals surface area contributed by atoms with Crippen LogP contribution in [0, 0.1) is 13.8 Å². The molecule has 0 radical (unpaired) electrons. The summed E-state index contributed by atoms with van der Waals surface area (Å²) in [5.74, 6) is 0. The van der Waals surface area contributed by atoms with Crippen molar-refractivity contribution in [2.75, 3.05) is 0 Å². The van der Waals surface area contributed by atoms with Gasteiger partial charge in [-0.15, -0.1) is 0 Å². The normalized spacial score (nSPS) is 9.08. The number of aliphatic hydroxyl groups excluding tert-OH is 1. The van der Waals surface area contributed by atoms with Crippen LogP contribution in [0.15, 0.2) is 24.3 Å². The van der Waals surface area contributed by atoms with Crippen LogP contribution in [0.1, 0.15) is 104 Å². The minimum atomic E-state index is -0.0648. The van der Waals surface area contributed by atoms with E-state index in [-0.39, 0.29) is 6.10 Å². The van der Waals surface area contributed by atoms with Crippen LogP contribution in [0.2, 0.25) is 0 Å². The van der Waals surface area contributed by atoms with E-state index in [9.17, 15) is 0 Å². The third kappa shape index (κ3) is 29.2. The van der Waals surface area contributed by atoms with Crippen molar-refractivity contribution in [1.82, 2.24) is 0 Å². The second-order valence-electron chi connectivity index (χ2n) is 6.33. The van der Waals surface area contributed by atoms with Crippen LogP contribution in [-0.4, -0.2) is 11.2 Å². The van der Waals surface area contributed by atoms with E-state index < -0.39 is 0 Å². The van der Waals surface area contributed by atoms with Gasteiger partial charge in [-0.25, -0.2) is 0 Å². The fraction of sp³-hybridized carbons (Fsp3) is 0.739. The first-order valence-corrected chi connectivity index (χ1v) is 10.1. The molecule has 1 aromatic carbocycles. The van der Waals surface area contributed by atoms with Crippen molar-refractivity contribution in [2.24, 2.45) is 0 Å². The molecule has 0 amide bonds. The Balaban J connectivity index is -0.000000253. The molecule has 0 fully saturated rings. The number of hydrogen-bond donors (Lipinski definition) is 1. The smallest absolute Gasteiger partial charge is 0.0535 e. The molecule has 0 heterocycles. The van der Waals surface area contributed by atoms with Crippen LogP contribution < -0.4 is 0 Å². The van der Waals surface area contributed by atoms with E-state index in [1.807, 2.05) is 13.8 Å². The van der Waals surface area contributed by atoms with Crippen molar-refractivity contribution in [3.05, 3.63) is 35.4 Å². The van der Waals surface area contributed by atoms with Gasteiger partial charge in [0, 0.05) is 0 Å². The summed E-state index contributed by atoms with van der Waals surface area (Å²) in [5.41, 5.74) is 2.66. The van der Waals surface area contributed by atoms with Crippen molar-refractivity contribution >= 4 is 0 Å². The van der Waals surface area contributed by atoms with Crippen molar-refractivity contribution in [2.45, 2.75) is 113 Å². The lowest BCUT2D eigenvalue weighted by Crippen LogP contribution is -1.99. The van der Waals surface area contributed by atoms with Gasteiger partial charge >= 0.3 is 0 Å². The Morgan fingerprint density at radius 3 is 1.04 bits per heavy atom. The van der Waals surface area contributed by atoms with Crippen LogP contribution in [0.5, 0.6) is 0 Å². The molecule has 0 unspecified atom stereocenters. The highest BCUT2D eigenvalue weighted by Crippen LogP contribution is 1.99. The van der Waals surface area contributed by atoms with E-state index in [1.165, 1.54) is 49.7 Å². The molecule has 0 bridgehead atoms. The molecule has 0 saturated heterocycles. The molecule has 144 valence electrons. The first-order chi connectivity index (χ1) is 11.4. The van der Waals surface area contributed by atoms with Crippen LogP contribution >= 0.6 is 0 Å². The van der Waals surface area contributed by atoms with Gasteiger partial charge in [-0.3, -0.25) is 0 Å². The molecule has 1 nitrogen and oxygen atoms in total. The summed E-state index contributed by atoms with van der Waals surface area (Å²) >= 11 is 0. The molecular formula is C23H46O. The molecule has 1 N–H and O–H groups in total. The Morgan fingerprint density at radius 2 is 0.917 bits per heavy atom. The Kier molecular flexibility index (Phi) is 28.5. The highest BCUT2D eigenvalue weighted by molar-refractivity contribution is 5.19. The number of rotatable bonds is 6. The average Bonchev–Trinajstić information content (AvgIpc) is 2.62. The Labute approximate surface area is 153 Å². The molecule has 0 aliphatic rings. The molecule has 0 saturated carbocycles. The highest BCUT2D eigenvalue weighted by Gasteiger charge is 1.90. The number of aliphatic hydroxyl groups is 1. The molecule has 0 spiro atoms. The summed E-state index contributed by atoms with van der Waals surface area (Å²) in [7, 11) is 0. The first-order valence-electron chi connectivity index (χ1n) is 10.1. The van der Waals surface area contributed by atoms with Gasteiger partial charge in [-0.2, -0.15) is 0 Å². The molecule has 1 rings (SSSR count). The van der Waals surface area contributed by atoms with Crippen molar-refractivity contribution in [1.29, 1.82) is 0 Å². The fourth-order valence-electron chi connectivity index (χ4n) is 1.43. The zero-order valence-corrected chi connectivity index (χ0v) is 18.0. The van der Waals surface area contributed by atoms with Gasteiger partial charge < -0.3 is 5.11 Å². The van der Waals surface area contributed by atoms with Gasteiger partial charge in [0.1, 0.15) is 0 Å². The summed E-state index contributed by atoms with van der Waals surface area (Å²) < 4.78 is 0. The van der Waals surface area contributed by atoms with Gasteiger partial charge in [-0.1, -0.05) is 115 Å². The summed E-state index contributed by atoms with van der Waals surface area (Å²) in [6.07, 6.45) is 9.88. The lowest BCUT2D eigenvalue weighted by Gasteiger charge is -1.98. The molecule has 0 aromatic heterocycles. The maximum atomic E-state index is 8.67. The molecular weight excluding hydrogens is 292 g/mol. The molecule has 1 aromatic rings. The SMILES string of the molecule is CCC(O)CC.CCCC.CCCCCC.Cc1ccc(C)cc1. The second-order valence-corrected chi connectivity index (χ2v) is 6.33. The second kappa shape index (κ2) is 24.4. The minimum Gasteiger partial charge on any atom is -0.393 e. The van der Waals surface area contributed by atoms with Crippen molar-refractivity contribution in [3.8, 4) is 0 Å². The van der Waals surface area contributed by atoms with Crippen LogP contribution in [0.4, 0.5) is 0 Å². The van der Waals surface area contributed by atoms with E-state index in [2.05, 4.69) is 65.8 Å². The Morgan fingerprint density at radius 1 is 0.625 bits per heavy atom. The average molecular weight is 339 g/mol. The summed E-state index contributed by atoms with van der Waals surface area (Å²) in [6.45, 7) is 17.0. The fourth-order valence-corrected chi connectivity index (χ4v) is 1.43. The van der Waals surface area contributed by atoms with Gasteiger partial charge in [-0.05, 0) is 26.7 Å². The number of hydrogen-bond acceptors (Lipinski definition) is 1. The maximum Gasteiger partial charge on any atom is 0.0535 e. The Hall–Kier alpha value is -0.820. The zero-order valence-electron chi connectivity index (χ0n) is 18.0. The van der Waals surface area contributed by atoms with E-state index >= 15 is 0 Å². The van der Waals surface area contributed by atoms with Crippen LogP contribution in [-0.2, 0) is 0 Å². The third-order valence-electron chi connectivity index (χ3n) is 3.62. The largest absolute Gasteiger partial charge is 0.393 e. The zero-order chi connectivity index (χ0) is 19.2. The van der Waals surface area contributed by atoms with E-state index in [0.29, 0.717) is 0 Å². The van der Waals surface area contributed by atoms with Gasteiger partial charge in [0.25, 0.3) is 0 Å². The van der Waals surface area contributed by atoms with Crippen LogP contribution in [0.25, 0.3) is 0 Å². The predicted molar refractivity (Wildman–Crippen MR) is 113 cm³/mol. The standard InChI is InChI=1S/C8H10.C6H14.C5H12O.C4H10/c1-7-3-5-8(2)6-4-7;1-3-5-6-4-2;1-3-5(6)4-2;1-3-4-2/h3-6H,1-2H3;3-6H2,1-2H3;5-6H,3-4H2,1-2H3;3-4H2,1-2H3. The van der Waals surface area contributed by atoms with Crippen LogP contribution in [0.3, 0.4) is 0 Å². The number of benzene rings is 1. The molecule has 1 heteroatoms. The predicted octanol–water partition coefficient (Wildman–Crippen LogP) is 7.86. The molecule has 0 aliphatic carbocycles. The maximum absolute atomic E-state index is 8.67. The van der Waals surface area contributed by atoms with E-state index in [4.69, 9.17) is 5.11 Å². The third-order valence-corrected chi connectivity index (χ3v) is 3.62. The first kappa shape index (κ1) is 28.0. The van der Waals surface area contributed by atoms with Gasteiger partial charge in [0.2, 0.25) is 0 Å². The minimum absolute atomic E-state index is 0.0648. The molecule has 0 aliphatic heterocycles. The van der Waals surface area contributed by atoms with Crippen molar-refractivity contribution in [3.63, 3.8) is 0 Å². The topological polar surface area (TPSA) is 20.2 Å². The number of aryl methyl sites for hydroxylation is 2. The number of unbranched alkanes of at least 4 members (excludes halogenated alkanes) is 4. The molecule has 24 heavy (non-hydrogen) atoms. The van der Waals surface area contributed by atoms with E-state index in [1.54, 1.807) is 0 Å².